The van der Waals surface area contributed by atoms with Crippen LogP contribution >= 0.6 is 0 Å². The van der Waals surface area contributed by atoms with Crippen LogP contribution in [0.3, 0.4) is 0 Å². The van der Waals surface area contributed by atoms with Crippen LogP contribution in [0.4, 0.5) is 0 Å². The van der Waals surface area contributed by atoms with Gasteiger partial charge in [0.1, 0.15) is 0 Å². The van der Waals surface area contributed by atoms with Crippen molar-refractivity contribution in [2.45, 2.75) is 46.6 Å². The zero-order valence-corrected chi connectivity index (χ0v) is 12.6. The normalized spacial score (nSPS) is 11.8. The molecule has 0 saturated carbocycles. The van der Waals surface area contributed by atoms with E-state index in [9.17, 15) is 0 Å². The summed E-state index contributed by atoms with van der Waals surface area (Å²) in [5, 5.41) is 6.95. The van der Waals surface area contributed by atoms with E-state index in [1.807, 2.05) is 0 Å². The predicted octanol–water partition coefficient (Wildman–Crippen LogP) is 2.82. The molecule has 0 aliphatic carbocycles. The Bertz CT molecular complexity index is 364. The zero-order valence-electron chi connectivity index (χ0n) is 12.6. The molecule has 0 atom stereocenters. The third-order valence-corrected chi connectivity index (χ3v) is 3.12. The van der Waals surface area contributed by atoms with Gasteiger partial charge < -0.3 is 10.6 Å². The van der Waals surface area contributed by atoms with Gasteiger partial charge in [0.05, 0.1) is 0 Å². The Labute approximate surface area is 112 Å². The van der Waals surface area contributed by atoms with Gasteiger partial charge in [-0.1, -0.05) is 18.2 Å². The molecule has 2 N–H and O–H groups in total. The maximum atomic E-state index is 3.48. The number of nitrogens with one attached hydrogen (secondary N) is 2. The zero-order chi connectivity index (χ0) is 13.6. The van der Waals surface area contributed by atoms with Crippen molar-refractivity contribution in [3.63, 3.8) is 0 Å². The molecule has 0 spiro atoms. The molecule has 0 aromatic heterocycles. The lowest BCUT2D eigenvalue weighted by Crippen LogP contribution is -2.40. The second-order valence-corrected chi connectivity index (χ2v) is 6.10. The molecule has 1 aromatic carbocycles. The van der Waals surface area contributed by atoms with Gasteiger partial charge in [-0.15, -0.1) is 0 Å². The fraction of sp³-hybridized carbons (Fsp3) is 0.625. The van der Waals surface area contributed by atoms with Gasteiger partial charge >= 0.3 is 0 Å². The largest absolute Gasteiger partial charge is 0.315 e. The predicted molar refractivity (Wildman–Crippen MR) is 80.2 cm³/mol. The molecule has 1 aromatic rings. The second kappa shape index (κ2) is 6.91. The smallest absolute Gasteiger partial charge is 0.00970 e. The number of rotatable bonds is 6. The van der Waals surface area contributed by atoms with Crippen LogP contribution in [0.2, 0.25) is 0 Å². The summed E-state index contributed by atoms with van der Waals surface area (Å²) in [7, 11) is 0. The fourth-order valence-electron chi connectivity index (χ4n) is 1.84. The van der Waals surface area contributed by atoms with Crippen LogP contribution in [0.5, 0.6) is 0 Å². The lowest BCUT2D eigenvalue weighted by atomic mass is 10.0. The van der Waals surface area contributed by atoms with Crippen LogP contribution in [0.15, 0.2) is 18.2 Å². The number of hydrogen-bond donors (Lipinski definition) is 2. The summed E-state index contributed by atoms with van der Waals surface area (Å²) in [5.41, 5.74) is 4.41. The van der Waals surface area contributed by atoms with Crippen molar-refractivity contribution in [2.75, 3.05) is 19.6 Å². The highest BCUT2D eigenvalue weighted by Gasteiger charge is 2.06. The lowest BCUT2D eigenvalue weighted by Gasteiger charge is -2.20. The molecule has 0 unspecified atom stereocenters. The fourth-order valence-corrected chi connectivity index (χ4v) is 1.84. The van der Waals surface area contributed by atoms with Crippen LogP contribution in [-0.2, 0) is 6.42 Å². The summed E-state index contributed by atoms with van der Waals surface area (Å²) in [5.74, 6) is 0. The van der Waals surface area contributed by atoms with Gasteiger partial charge in [-0.2, -0.15) is 0 Å². The first-order chi connectivity index (χ1) is 8.38. The van der Waals surface area contributed by atoms with E-state index in [2.05, 4.69) is 63.5 Å². The molecule has 0 amide bonds. The Morgan fingerprint density at radius 2 is 1.67 bits per heavy atom. The van der Waals surface area contributed by atoms with E-state index in [-0.39, 0.29) is 5.54 Å². The van der Waals surface area contributed by atoms with Crippen molar-refractivity contribution < 1.29 is 0 Å². The highest BCUT2D eigenvalue weighted by molar-refractivity contribution is 5.29. The van der Waals surface area contributed by atoms with Gasteiger partial charge in [0.15, 0.2) is 0 Å². The Morgan fingerprint density at radius 1 is 0.944 bits per heavy atom. The van der Waals surface area contributed by atoms with E-state index < -0.39 is 0 Å². The molecular formula is C16H28N2. The van der Waals surface area contributed by atoms with Crippen molar-refractivity contribution in [3.8, 4) is 0 Å². The minimum atomic E-state index is 0.218. The third-order valence-electron chi connectivity index (χ3n) is 3.12. The van der Waals surface area contributed by atoms with Crippen LogP contribution in [0.1, 0.15) is 37.5 Å². The van der Waals surface area contributed by atoms with Crippen molar-refractivity contribution in [2.24, 2.45) is 0 Å². The molecule has 0 saturated heterocycles. The van der Waals surface area contributed by atoms with Gasteiger partial charge in [0, 0.05) is 18.6 Å². The van der Waals surface area contributed by atoms with E-state index in [1.165, 1.54) is 16.7 Å². The average molecular weight is 248 g/mol. The van der Waals surface area contributed by atoms with Crippen molar-refractivity contribution in [1.29, 1.82) is 0 Å². The van der Waals surface area contributed by atoms with Crippen LogP contribution < -0.4 is 10.6 Å². The van der Waals surface area contributed by atoms with Gasteiger partial charge in [-0.25, -0.2) is 0 Å². The van der Waals surface area contributed by atoms with Gasteiger partial charge in [0.2, 0.25) is 0 Å². The summed E-state index contributed by atoms with van der Waals surface area (Å²) in [6.45, 7) is 14.0. The van der Waals surface area contributed by atoms with Gasteiger partial charge in [-0.3, -0.25) is 0 Å². The van der Waals surface area contributed by atoms with E-state index in [0.29, 0.717) is 0 Å². The summed E-state index contributed by atoms with van der Waals surface area (Å²) in [6, 6.07) is 6.74. The molecular weight excluding hydrogens is 220 g/mol. The van der Waals surface area contributed by atoms with Crippen LogP contribution in [0.25, 0.3) is 0 Å². The highest BCUT2D eigenvalue weighted by Crippen LogP contribution is 2.09. The summed E-state index contributed by atoms with van der Waals surface area (Å²) < 4.78 is 0. The molecule has 102 valence electrons. The molecule has 18 heavy (non-hydrogen) atoms. The number of aryl methyl sites for hydroxylation is 2. The first kappa shape index (κ1) is 15.2. The maximum Gasteiger partial charge on any atom is 0.00970 e. The van der Waals surface area contributed by atoms with E-state index in [4.69, 9.17) is 0 Å². The van der Waals surface area contributed by atoms with E-state index in [0.717, 1.165) is 26.1 Å². The average Bonchev–Trinajstić information content (AvgIpc) is 2.26. The standard InChI is InChI=1S/C16H28N2/c1-13-6-7-15(12-14(13)2)8-9-17-10-11-18-16(3,4)5/h6-7,12,17-18H,8-11H2,1-5H3. The maximum absolute atomic E-state index is 3.48. The summed E-state index contributed by atoms with van der Waals surface area (Å²) in [6.07, 6.45) is 1.11. The van der Waals surface area contributed by atoms with Crippen LogP contribution in [0, 0.1) is 13.8 Å². The van der Waals surface area contributed by atoms with Crippen LogP contribution in [-0.4, -0.2) is 25.2 Å². The Hall–Kier alpha value is -0.860. The highest BCUT2D eigenvalue weighted by atomic mass is 15.0. The molecule has 0 fully saturated rings. The van der Waals surface area contributed by atoms with Crippen molar-refractivity contribution in [1.82, 2.24) is 10.6 Å². The van der Waals surface area contributed by atoms with Gasteiger partial charge in [0.25, 0.3) is 0 Å². The lowest BCUT2D eigenvalue weighted by molar-refractivity contribution is 0.422. The molecule has 2 heteroatoms. The van der Waals surface area contributed by atoms with E-state index >= 15 is 0 Å². The molecule has 0 radical (unpaired) electrons. The molecule has 1 rings (SSSR count). The van der Waals surface area contributed by atoms with Crippen molar-refractivity contribution in [3.05, 3.63) is 34.9 Å². The minimum Gasteiger partial charge on any atom is -0.315 e. The summed E-state index contributed by atoms with van der Waals surface area (Å²) in [4.78, 5) is 0. The minimum absolute atomic E-state index is 0.218. The van der Waals surface area contributed by atoms with E-state index in [1.54, 1.807) is 0 Å². The molecule has 0 aliphatic rings. The quantitative estimate of drug-likeness (QED) is 0.757. The number of hydrogen-bond acceptors (Lipinski definition) is 2. The molecule has 0 bridgehead atoms. The first-order valence-corrected chi connectivity index (χ1v) is 6.90. The Kier molecular flexibility index (Phi) is 5.83. The Balaban J connectivity index is 2.16. The SMILES string of the molecule is Cc1ccc(CCNCCNC(C)(C)C)cc1C. The van der Waals surface area contributed by atoms with Gasteiger partial charge in [-0.05, 0) is 64.3 Å². The second-order valence-electron chi connectivity index (χ2n) is 6.10. The molecule has 2 nitrogen and oxygen atoms in total. The van der Waals surface area contributed by atoms with Crippen molar-refractivity contribution >= 4 is 0 Å². The summed E-state index contributed by atoms with van der Waals surface area (Å²) >= 11 is 0. The topological polar surface area (TPSA) is 24.1 Å². The number of benzene rings is 1. The molecule has 0 aliphatic heterocycles. The monoisotopic (exact) mass is 248 g/mol. The molecule has 0 heterocycles. The first-order valence-electron chi connectivity index (χ1n) is 6.90. The third kappa shape index (κ3) is 6.18. The Morgan fingerprint density at radius 3 is 2.28 bits per heavy atom.